The number of amides is 1. The van der Waals surface area contributed by atoms with Crippen molar-refractivity contribution in [1.29, 1.82) is 0 Å². The normalized spacial score (nSPS) is 21.9. The van der Waals surface area contributed by atoms with Crippen molar-refractivity contribution in [1.82, 2.24) is 10.3 Å². The summed E-state index contributed by atoms with van der Waals surface area (Å²) in [6.45, 7) is 4.79. The van der Waals surface area contributed by atoms with Gasteiger partial charge in [0.25, 0.3) is 0 Å². The van der Waals surface area contributed by atoms with Crippen LogP contribution in [-0.2, 0) is 4.79 Å². The van der Waals surface area contributed by atoms with E-state index in [-0.39, 0.29) is 11.8 Å². The number of nitrogens with zero attached hydrogens (tertiary/aromatic N) is 2. The Morgan fingerprint density at radius 1 is 1.23 bits per heavy atom. The number of nitrogens with one attached hydrogen (secondary N) is 1. The second-order valence-electron chi connectivity index (χ2n) is 8.00. The number of piperidine rings is 1. The molecule has 1 N–H and O–H groups in total. The van der Waals surface area contributed by atoms with Gasteiger partial charge in [-0.25, -0.2) is 4.98 Å². The summed E-state index contributed by atoms with van der Waals surface area (Å²) in [5.74, 6) is 1.04. The van der Waals surface area contributed by atoms with Crippen LogP contribution in [0, 0.1) is 18.8 Å². The highest BCUT2D eigenvalue weighted by atomic mass is 32.1. The number of aromatic nitrogens is 1. The number of carbonyl (C=O) groups excluding carboxylic acids is 1. The molecule has 1 saturated carbocycles. The van der Waals surface area contributed by atoms with Crippen LogP contribution in [0.2, 0.25) is 0 Å². The van der Waals surface area contributed by atoms with Crippen LogP contribution in [0.1, 0.15) is 50.5 Å². The first-order valence-electron chi connectivity index (χ1n) is 10.1. The predicted molar refractivity (Wildman–Crippen MR) is 109 cm³/mol. The number of rotatable bonds is 4. The van der Waals surface area contributed by atoms with Crippen molar-refractivity contribution in [2.24, 2.45) is 11.8 Å². The number of aryl methyl sites for hydroxylation is 1. The van der Waals surface area contributed by atoms with Crippen LogP contribution < -0.4 is 10.2 Å². The molecule has 1 amide bonds. The molecule has 5 heteroatoms. The highest BCUT2D eigenvalue weighted by Crippen LogP contribution is 2.32. The molecular formula is C21H29N3OS. The SMILES string of the molecule is Cc1ccc2nc(N3CCCC(C(=O)NCC4CCCCC4)C3)sc2c1. The monoisotopic (exact) mass is 371 g/mol. The van der Waals surface area contributed by atoms with Crippen molar-refractivity contribution in [2.45, 2.75) is 51.9 Å². The maximum atomic E-state index is 12.7. The van der Waals surface area contributed by atoms with Gasteiger partial charge in [0.15, 0.2) is 5.13 Å². The molecule has 0 bridgehead atoms. The minimum atomic E-state index is 0.0982. The molecule has 2 fully saturated rings. The molecule has 1 aromatic carbocycles. The first-order chi connectivity index (χ1) is 12.7. The third-order valence-electron chi connectivity index (χ3n) is 5.89. The number of hydrogen-bond donors (Lipinski definition) is 1. The maximum Gasteiger partial charge on any atom is 0.224 e. The number of carbonyl (C=O) groups is 1. The van der Waals surface area contributed by atoms with E-state index >= 15 is 0 Å². The molecule has 140 valence electrons. The number of thiazole rings is 1. The smallest absolute Gasteiger partial charge is 0.224 e. The highest BCUT2D eigenvalue weighted by molar-refractivity contribution is 7.22. The third-order valence-corrected chi connectivity index (χ3v) is 6.96. The molecule has 1 saturated heterocycles. The summed E-state index contributed by atoms with van der Waals surface area (Å²) >= 11 is 1.75. The minimum Gasteiger partial charge on any atom is -0.356 e. The van der Waals surface area contributed by atoms with Crippen molar-refractivity contribution >= 4 is 32.6 Å². The van der Waals surface area contributed by atoms with Crippen LogP contribution in [0.25, 0.3) is 10.2 Å². The van der Waals surface area contributed by atoms with Crippen LogP contribution in [0.15, 0.2) is 18.2 Å². The van der Waals surface area contributed by atoms with Crippen molar-refractivity contribution in [3.63, 3.8) is 0 Å². The zero-order valence-electron chi connectivity index (χ0n) is 15.7. The molecule has 1 aromatic heterocycles. The molecule has 1 unspecified atom stereocenters. The molecule has 0 radical (unpaired) electrons. The average molecular weight is 372 g/mol. The molecule has 4 rings (SSSR count). The lowest BCUT2D eigenvalue weighted by Crippen LogP contribution is -2.44. The lowest BCUT2D eigenvalue weighted by atomic mass is 9.89. The van der Waals surface area contributed by atoms with Gasteiger partial charge in [0.1, 0.15) is 0 Å². The van der Waals surface area contributed by atoms with Gasteiger partial charge >= 0.3 is 0 Å². The zero-order valence-corrected chi connectivity index (χ0v) is 16.5. The lowest BCUT2D eigenvalue weighted by molar-refractivity contribution is -0.125. The number of benzene rings is 1. The van der Waals surface area contributed by atoms with Gasteiger partial charge in [0.05, 0.1) is 16.1 Å². The molecule has 2 aromatic rings. The Labute approximate surface area is 160 Å². The van der Waals surface area contributed by atoms with E-state index in [1.807, 2.05) is 0 Å². The van der Waals surface area contributed by atoms with Crippen LogP contribution in [0.5, 0.6) is 0 Å². The van der Waals surface area contributed by atoms with Gasteiger partial charge in [-0.1, -0.05) is 36.7 Å². The fraction of sp³-hybridized carbons (Fsp3) is 0.619. The Kier molecular flexibility index (Phi) is 5.44. The summed E-state index contributed by atoms with van der Waals surface area (Å²) in [6.07, 6.45) is 8.64. The second kappa shape index (κ2) is 7.95. The highest BCUT2D eigenvalue weighted by Gasteiger charge is 2.28. The number of anilines is 1. The lowest BCUT2D eigenvalue weighted by Gasteiger charge is -2.32. The Morgan fingerprint density at radius 2 is 2.08 bits per heavy atom. The summed E-state index contributed by atoms with van der Waals surface area (Å²) in [4.78, 5) is 19.8. The van der Waals surface area contributed by atoms with Gasteiger partial charge in [0, 0.05) is 19.6 Å². The summed E-state index contributed by atoms with van der Waals surface area (Å²) in [7, 11) is 0. The van der Waals surface area contributed by atoms with Gasteiger partial charge in [-0.2, -0.15) is 0 Å². The summed E-state index contributed by atoms with van der Waals surface area (Å²) in [5.41, 5.74) is 2.34. The van der Waals surface area contributed by atoms with E-state index < -0.39 is 0 Å². The molecule has 4 nitrogen and oxygen atoms in total. The van der Waals surface area contributed by atoms with Crippen molar-refractivity contribution < 1.29 is 4.79 Å². The Morgan fingerprint density at radius 3 is 2.92 bits per heavy atom. The molecule has 1 aliphatic heterocycles. The van der Waals surface area contributed by atoms with E-state index in [0.717, 1.165) is 43.1 Å². The average Bonchev–Trinajstić information content (AvgIpc) is 3.10. The van der Waals surface area contributed by atoms with Gasteiger partial charge < -0.3 is 10.2 Å². The molecule has 2 heterocycles. The fourth-order valence-corrected chi connectivity index (χ4v) is 5.40. The van der Waals surface area contributed by atoms with Crippen molar-refractivity contribution in [3.8, 4) is 0 Å². The van der Waals surface area contributed by atoms with E-state index in [1.54, 1.807) is 11.3 Å². The summed E-state index contributed by atoms with van der Waals surface area (Å²) in [5, 5.41) is 4.31. The van der Waals surface area contributed by atoms with Crippen LogP contribution in [-0.4, -0.2) is 30.5 Å². The van der Waals surface area contributed by atoms with E-state index in [0.29, 0.717) is 5.92 Å². The van der Waals surface area contributed by atoms with Gasteiger partial charge in [0.2, 0.25) is 5.91 Å². The Balaban J connectivity index is 1.37. The van der Waals surface area contributed by atoms with E-state index in [4.69, 9.17) is 4.98 Å². The predicted octanol–water partition coefficient (Wildman–Crippen LogP) is 4.52. The molecule has 0 spiro atoms. The maximum absolute atomic E-state index is 12.7. The first-order valence-corrected chi connectivity index (χ1v) is 10.9. The topological polar surface area (TPSA) is 45.2 Å². The minimum absolute atomic E-state index is 0.0982. The van der Waals surface area contributed by atoms with E-state index in [9.17, 15) is 4.79 Å². The molecular weight excluding hydrogens is 342 g/mol. The van der Waals surface area contributed by atoms with Gasteiger partial charge in [-0.3, -0.25) is 4.79 Å². The quantitative estimate of drug-likeness (QED) is 0.859. The third kappa shape index (κ3) is 4.03. The van der Waals surface area contributed by atoms with E-state index in [1.165, 1.54) is 42.4 Å². The van der Waals surface area contributed by atoms with E-state index in [2.05, 4.69) is 35.3 Å². The standard InChI is InChI=1S/C21H29N3OS/c1-15-9-10-18-19(12-15)26-21(23-18)24-11-5-8-17(14-24)20(25)22-13-16-6-3-2-4-7-16/h9-10,12,16-17H,2-8,11,13-14H2,1H3,(H,22,25). The Hall–Kier alpha value is -1.62. The van der Waals surface area contributed by atoms with Crippen LogP contribution in [0.3, 0.4) is 0 Å². The molecule has 1 atom stereocenters. The first kappa shape index (κ1) is 17.8. The van der Waals surface area contributed by atoms with Crippen LogP contribution >= 0.6 is 11.3 Å². The number of fused-ring (bicyclic) bond motifs is 1. The van der Waals surface area contributed by atoms with Gasteiger partial charge in [-0.05, 0) is 56.2 Å². The molecule has 2 aliphatic rings. The zero-order chi connectivity index (χ0) is 17.9. The largest absolute Gasteiger partial charge is 0.356 e. The Bertz CT molecular complexity index is 766. The number of hydrogen-bond acceptors (Lipinski definition) is 4. The van der Waals surface area contributed by atoms with Crippen molar-refractivity contribution in [3.05, 3.63) is 23.8 Å². The van der Waals surface area contributed by atoms with Crippen LogP contribution in [0.4, 0.5) is 5.13 Å². The fourth-order valence-electron chi connectivity index (χ4n) is 4.30. The summed E-state index contributed by atoms with van der Waals surface area (Å²) in [6, 6.07) is 6.42. The van der Waals surface area contributed by atoms with Crippen molar-refractivity contribution in [2.75, 3.05) is 24.5 Å². The summed E-state index contributed by atoms with van der Waals surface area (Å²) < 4.78 is 1.24. The molecule has 26 heavy (non-hydrogen) atoms. The molecule has 1 aliphatic carbocycles. The van der Waals surface area contributed by atoms with Gasteiger partial charge in [-0.15, -0.1) is 0 Å². The second-order valence-corrected chi connectivity index (χ2v) is 9.01.